The van der Waals surface area contributed by atoms with E-state index < -0.39 is 23.5 Å². The maximum absolute atomic E-state index is 13.9. The van der Waals surface area contributed by atoms with Crippen LogP contribution in [0.15, 0.2) is 65.6 Å². The molecule has 2 heterocycles. The zero-order valence-corrected chi connectivity index (χ0v) is 20.8. The summed E-state index contributed by atoms with van der Waals surface area (Å²) < 4.78 is 30.9. The average Bonchev–Trinajstić information content (AvgIpc) is 3.13. The minimum Gasteiger partial charge on any atom is -0.454 e. The lowest BCUT2D eigenvalue weighted by atomic mass is 9.98. The van der Waals surface area contributed by atoms with Crippen LogP contribution in [0.1, 0.15) is 29.5 Å². The Kier molecular flexibility index (Phi) is 7.18. The molecule has 0 bridgehead atoms. The molecule has 1 saturated heterocycles. The first-order valence-corrected chi connectivity index (χ1v) is 12.9. The number of carbonyl (C=O) groups excluding carboxylic acids is 2. The molecule has 9 heteroatoms. The largest absolute Gasteiger partial charge is 0.454 e. The highest BCUT2D eigenvalue weighted by atomic mass is 35.5. The second-order valence-corrected chi connectivity index (χ2v) is 9.89. The second-order valence-electron chi connectivity index (χ2n) is 8.50. The predicted octanol–water partition coefficient (Wildman–Crippen LogP) is 5.74. The highest BCUT2D eigenvalue weighted by molar-refractivity contribution is 7.98. The quantitative estimate of drug-likeness (QED) is 0.335. The third-order valence-electron chi connectivity index (χ3n) is 5.99. The van der Waals surface area contributed by atoms with Crippen molar-refractivity contribution in [2.45, 2.75) is 35.7 Å². The van der Waals surface area contributed by atoms with Crippen LogP contribution in [0.25, 0.3) is 0 Å². The van der Waals surface area contributed by atoms with Crippen molar-refractivity contribution in [2.75, 3.05) is 13.1 Å². The second kappa shape index (κ2) is 10.5. The Labute approximate surface area is 217 Å². The molecule has 6 nitrogen and oxygen atoms in total. The van der Waals surface area contributed by atoms with Crippen LogP contribution in [0.2, 0.25) is 5.02 Å². The van der Waals surface area contributed by atoms with E-state index in [4.69, 9.17) is 25.8 Å². The van der Waals surface area contributed by atoms with Crippen LogP contribution in [0.4, 0.5) is 4.39 Å². The summed E-state index contributed by atoms with van der Waals surface area (Å²) in [5, 5.41) is 3.80. The number of rotatable bonds is 5. The molecule has 1 spiro atoms. The number of nitrogens with one attached hydrogen (secondary N) is 1. The number of hydrogen-bond acceptors (Lipinski definition) is 7. The molecule has 186 valence electrons. The Morgan fingerprint density at radius 3 is 2.42 bits per heavy atom. The topological polar surface area (TPSA) is 73.9 Å². The molecular formula is C27H23ClFNO5S. The molecule has 0 amide bonds. The lowest BCUT2D eigenvalue weighted by Crippen LogP contribution is -2.43. The summed E-state index contributed by atoms with van der Waals surface area (Å²) in [6, 6.07) is 17.2. The fourth-order valence-electron chi connectivity index (χ4n) is 4.26. The van der Waals surface area contributed by atoms with Crippen molar-refractivity contribution < 1.29 is 28.2 Å². The maximum atomic E-state index is 13.9. The van der Waals surface area contributed by atoms with Gasteiger partial charge in [-0.15, -0.1) is 11.8 Å². The normalized spacial score (nSPS) is 16.9. The van der Waals surface area contributed by atoms with Gasteiger partial charge in [0, 0.05) is 16.2 Å². The van der Waals surface area contributed by atoms with Crippen molar-refractivity contribution >= 4 is 35.3 Å². The van der Waals surface area contributed by atoms with Crippen LogP contribution in [0, 0.1) is 5.82 Å². The molecule has 0 saturated carbocycles. The van der Waals surface area contributed by atoms with Gasteiger partial charge in [0.25, 0.3) is 5.79 Å². The van der Waals surface area contributed by atoms with E-state index in [-0.39, 0.29) is 25.1 Å². The minimum absolute atomic E-state index is 0.0122. The summed E-state index contributed by atoms with van der Waals surface area (Å²) in [4.78, 5) is 25.5. The van der Waals surface area contributed by atoms with E-state index in [1.165, 1.54) is 6.07 Å². The van der Waals surface area contributed by atoms with Gasteiger partial charge in [-0.25, -0.2) is 4.39 Å². The van der Waals surface area contributed by atoms with Gasteiger partial charge in [0.2, 0.25) is 0 Å². The SMILES string of the molecule is O=C1CCC(=O)OC2(CNCCc3c2ccc(Cl)c3SCc2ccc(Oc3ccccc3F)cc2)O1. The molecule has 0 atom stereocenters. The van der Waals surface area contributed by atoms with Gasteiger partial charge in [0.15, 0.2) is 11.6 Å². The molecule has 0 unspecified atom stereocenters. The van der Waals surface area contributed by atoms with Crippen LogP contribution in [0.5, 0.6) is 11.5 Å². The summed E-state index contributed by atoms with van der Waals surface area (Å²) in [5.74, 6) is -1.58. The number of benzene rings is 3. The lowest BCUT2D eigenvalue weighted by Gasteiger charge is -2.32. The average molecular weight is 528 g/mol. The predicted molar refractivity (Wildman–Crippen MR) is 134 cm³/mol. The Hall–Kier alpha value is -3.07. The number of para-hydroxylation sites is 1. The summed E-state index contributed by atoms with van der Waals surface area (Å²) >= 11 is 8.16. The van der Waals surface area contributed by atoms with Crippen molar-refractivity contribution in [1.29, 1.82) is 0 Å². The van der Waals surface area contributed by atoms with Crippen LogP contribution in [0.3, 0.4) is 0 Å². The third-order valence-corrected chi connectivity index (χ3v) is 7.65. The number of hydrogen-bond donors (Lipinski definition) is 1. The van der Waals surface area contributed by atoms with E-state index in [2.05, 4.69) is 5.32 Å². The van der Waals surface area contributed by atoms with Crippen molar-refractivity contribution in [1.82, 2.24) is 5.32 Å². The van der Waals surface area contributed by atoms with Gasteiger partial charge in [0.1, 0.15) is 5.75 Å². The monoisotopic (exact) mass is 527 g/mol. The van der Waals surface area contributed by atoms with Crippen LogP contribution in [-0.4, -0.2) is 25.0 Å². The molecule has 36 heavy (non-hydrogen) atoms. The summed E-state index contributed by atoms with van der Waals surface area (Å²) in [5.41, 5.74) is 2.54. The smallest absolute Gasteiger partial charge is 0.309 e. The molecule has 3 aromatic carbocycles. The zero-order chi connectivity index (χ0) is 25.1. The van der Waals surface area contributed by atoms with Crippen molar-refractivity contribution in [2.24, 2.45) is 0 Å². The van der Waals surface area contributed by atoms with E-state index in [9.17, 15) is 14.0 Å². The molecular weight excluding hydrogens is 505 g/mol. The van der Waals surface area contributed by atoms with Gasteiger partial charge in [-0.2, -0.15) is 0 Å². The molecule has 2 aliphatic heterocycles. The Balaban J connectivity index is 1.38. The first-order valence-electron chi connectivity index (χ1n) is 11.5. The van der Waals surface area contributed by atoms with Gasteiger partial charge in [-0.05, 0) is 60.5 Å². The number of carbonyl (C=O) groups is 2. The highest BCUT2D eigenvalue weighted by Crippen LogP contribution is 2.42. The standard InChI is InChI=1S/C27H23ClFNO5S/c28-21-10-9-20-19(13-14-30-16-27(20)34-24(31)11-12-25(32)35-27)26(21)36-15-17-5-7-18(8-6-17)33-23-4-2-1-3-22(23)29/h1-10,30H,11-16H2. The summed E-state index contributed by atoms with van der Waals surface area (Å²) in [7, 11) is 0. The molecule has 1 N–H and O–H groups in total. The van der Waals surface area contributed by atoms with E-state index in [0.29, 0.717) is 35.1 Å². The van der Waals surface area contributed by atoms with Gasteiger partial charge >= 0.3 is 11.9 Å². The van der Waals surface area contributed by atoms with Gasteiger partial charge in [0.05, 0.1) is 24.4 Å². The first kappa shape index (κ1) is 24.6. The summed E-state index contributed by atoms with van der Waals surface area (Å²) in [6.07, 6.45) is 0.605. The van der Waals surface area contributed by atoms with E-state index in [1.807, 2.05) is 12.1 Å². The van der Waals surface area contributed by atoms with Gasteiger partial charge in [-0.3, -0.25) is 9.59 Å². The number of halogens is 2. The van der Waals surface area contributed by atoms with E-state index in [0.717, 1.165) is 16.0 Å². The van der Waals surface area contributed by atoms with Crippen LogP contribution in [-0.2, 0) is 37.0 Å². The minimum atomic E-state index is -1.51. The maximum Gasteiger partial charge on any atom is 0.309 e. The van der Waals surface area contributed by atoms with Crippen molar-refractivity contribution in [3.63, 3.8) is 0 Å². The molecule has 3 aromatic rings. The Morgan fingerprint density at radius 1 is 0.972 bits per heavy atom. The highest BCUT2D eigenvalue weighted by Gasteiger charge is 2.45. The van der Waals surface area contributed by atoms with Crippen LogP contribution < -0.4 is 10.1 Å². The third kappa shape index (κ3) is 5.21. The number of ether oxygens (including phenoxy) is 3. The molecule has 0 aromatic heterocycles. The first-order chi connectivity index (χ1) is 17.4. The summed E-state index contributed by atoms with van der Waals surface area (Å²) in [6.45, 7) is 0.784. The number of fused-ring (bicyclic) bond motifs is 2. The molecule has 0 radical (unpaired) electrons. The van der Waals surface area contributed by atoms with Crippen LogP contribution >= 0.6 is 23.4 Å². The van der Waals surface area contributed by atoms with Crippen molar-refractivity contribution in [3.05, 3.63) is 88.2 Å². The fourth-order valence-corrected chi connectivity index (χ4v) is 5.70. The lowest BCUT2D eigenvalue weighted by molar-refractivity contribution is -0.225. The Bertz CT molecular complexity index is 1280. The zero-order valence-electron chi connectivity index (χ0n) is 19.2. The number of esters is 2. The molecule has 1 fully saturated rings. The molecule has 2 aliphatic rings. The Morgan fingerprint density at radius 2 is 1.69 bits per heavy atom. The van der Waals surface area contributed by atoms with Gasteiger partial charge < -0.3 is 19.5 Å². The molecule has 0 aliphatic carbocycles. The van der Waals surface area contributed by atoms with Crippen molar-refractivity contribution in [3.8, 4) is 11.5 Å². The fraction of sp³-hybridized carbons (Fsp3) is 0.259. The van der Waals surface area contributed by atoms with E-state index >= 15 is 0 Å². The number of thioether (sulfide) groups is 1. The van der Waals surface area contributed by atoms with Gasteiger partial charge in [-0.1, -0.05) is 35.9 Å². The molecule has 5 rings (SSSR count). The van der Waals surface area contributed by atoms with E-state index in [1.54, 1.807) is 54.2 Å².